The number of H-pyrrole nitrogens is 1. The van der Waals surface area contributed by atoms with Crippen LogP contribution in [-0.4, -0.2) is 33.5 Å². The highest BCUT2D eigenvalue weighted by Gasteiger charge is 2.06. The fraction of sp³-hybridized carbons (Fsp3) is 0.545. The van der Waals surface area contributed by atoms with Crippen LogP contribution in [0.5, 0.6) is 0 Å². The molecule has 1 heterocycles. The van der Waals surface area contributed by atoms with Gasteiger partial charge in [-0.05, 0) is 6.42 Å². The summed E-state index contributed by atoms with van der Waals surface area (Å²) < 4.78 is 0. The van der Waals surface area contributed by atoms with Gasteiger partial charge in [-0.15, -0.1) is 0 Å². The Hall–Kier alpha value is -1.50. The zero-order valence-corrected chi connectivity index (χ0v) is 11.2. The second-order valence-corrected chi connectivity index (χ2v) is 4.95. The van der Waals surface area contributed by atoms with Crippen LogP contribution in [0.25, 0.3) is 0 Å². The van der Waals surface area contributed by atoms with Crippen LogP contribution in [0.2, 0.25) is 0 Å². The maximum Gasteiger partial charge on any atom is 0.227 e. The summed E-state index contributed by atoms with van der Waals surface area (Å²) >= 11 is 1.35. The molecule has 7 heteroatoms. The van der Waals surface area contributed by atoms with Crippen molar-refractivity contribution in [2.75, 3.05) is 16.8 Å². The number of carbonyl (C=O) groups excluding carboxylic acids is 2. The smallest absolute Gasteiger partial charge is 0.227 e. The van der Waals surface area contributed by atoms with E-state index in [1.807, 2.05) is 6.07 Å². The van der Waals surface area contributed by atoms with Crippen LogP contribution in [0.15, 0.2) is 6.07 Å². The molecule has 0 aromatic carbocycles. The average Bonchev–Trinajstić information content (AvgIpc) is 2.72. The summed E-state index contributed by atoms with van der Waals surface area (Å²) in [6.45, 7) is 2.08. The van der Waals surface area contributed by atoms with E-state index in [4.69, 9.17) is 5.73 Å². The standard InChI is InChI=1S/C11H18N4O2S/c1-2-3-8-6-10(15-14-8)13-11(17)4-5-18-7-9(12)16/h6H,2-5,7H2,1H3,(H2,12,16)(H2,13,14,15,17). The molecule has 18 heavy (non-hydrogen) atoms. The molecule has 0 fully saturated rings. The highest BCUT2D eigenvalue weighted by Crippen LogP contribution is 2.08. The van der Waals surface area contributed by atoms with Crippen molar-refractivity contribution in [1.29, 1.82) is 0 Å². The third kappa shape index (κ3) is 5.72. The summed E-state index contributed by atoms with van der Waals surface area (Å²) in [5, 5.41) is 9.55. The van der Waals surface area contributed by atoms with Crippen LogP contribution in [0.3, 0.4) is 0 Å². The molecule has 1 aromatic rings. The number of aromatic amines is 1. The summed E-state index contributed by atoms with van der Waals surface area (Å²) in [4.78, 5) is 22.0. The van der Waals surface area contributed by atoms with Gasteiger partial charge in [-0.25, -0.2) is 0 Å². The Labute approximate surface area is 110 Å². The first kappa shape index (κ1) is 14.6. The zero-order chi connectivity index (χ0) is 13.4. The minimum Gasteiger partial charge on any atom is -0.369 e. The van der Waals surface area contributed by atoms with E-state index in [1.165, 1.54) is 11.8 Å². The van der Waals surface area contributed by atoms with E-state index in [0.29, 0.717) is 18.0 Å². The van der Waals surface area contributed by atoms with Gasteiger partial charge in [0.2, 0.25) is 11.8 Å². The SMILES string of the molecule is CCCc1cc(NC(=O)CCSCC(N)=O)n[nH]1. The molecule has 1 aromatic heterocycles. The van der Waals surface area contributed by atoms with Gasteiger partial charge < -0.3 is 11.1 Å². The largest absolute Gasteiger partial charge is 0.369 e. The van der Waals surface area contributed by atoms with E-state index in [-0.39, 0.29) is 17.6 Å². The fourth-order valence-electron chi connectivity index (χ4n) is 1.37. The molecular formula is C11H18N4O2S. The number of anilines is 1. The minimum atomic E-state index is -0.364. The van der Waals surface area contributed by atoms with Crippen molar-refractivity contribution in [2.45, 2.75) is 26.2 Å². The Bertz CT molecular complexity index is 406. The number of nitrogens with zero attached hydrogens (tertiary/aromatic N) is 1. The molecule has 0 spiro atoms. The van der Waals surface area contributed by atoms with Crippen LogP contribution in [0, 0.1) is 0 Å². The van der Waals surface area contributed by atoms with Crippen LogP contribution in [0.1, 0.15) is 25.5 Å². The third-order valence-electron chi connectivity index (χ3n) is 2.14. The van der Waals surface area contributed by atoms with Gasteiger partial charge in [0, 0.05) is 23.9 Å². The van der Waals surface area contributed by atoms with Gasteiger partial charge in [0.1, 0.15) is 0 Å². The molecular weight excluding hydrogens is 252 g/mol. The van der Waals surface area contributed by atoms with Crippen LogP contribution in [0.4, 0.5) is 5.82 Å². The number of nitrogens with one attached hydrogen (secondary N) is 2. The Kier molecular flexibility index (Phi) is 6.27. The Morgan fingerprint density at radius 2 is 2.33 bits per heavy atom. The summed E-state index contributed by atoms with van der Waals surface area (Å²) in [5.74, 6) is 0.888. The molecule has 0 aliphatic heterocycles. The number of hydrogen-bond acceptors (Lipinski definition) is 4. The number of primary amides is 1. The molecule has 0 saturated carbocycles. The van der Waals surface area contributed by atoms with Gasteiger partial charge >= 0.3 is 0 Å². The number of amides is 2. The number of thioether (sulfide) groups is 1. The second-order valence-electron chi connectivity index (χ2n) is 3.85. The highest BCUT2D eigenvalue weighted by molar-refractivity contribution is 7.99. The van der Waals surface area contributed by atoms with Crippen molar-refractivity contribution in [3.63, 3.8) is 0 Å². The van der Waals surface area contributed by atoms with E-state index in [9.17, 15) is 9.59 Å². The van der Waals surface area contributed by atoms with Crippen molar-refractivity contribution in [2.24, 2.45) is 5.73 Å². The average molecular weight is 270 g/mol. The first-order valence-corrected chi connectivity index (χ1v) is 6.97. The number of rotatable bonds is 8. The number of carbonyl (C=O) groups is 2. The number of aromatic nitrogens is 2. The Morgan fingerprint density at radius 3 is 3.00 bits per heavy atom. The molecule has 6 nitrogen and oxygen atoms in total. The fourth-order valence-corrected chi connectivity index (χ4v) is 2.04. The quantitative estimate of drug-likeness (QED) is 0.611. The monoisotopic (exact) mass is 270 g/mol. The summed E-state index contributed by atoms with van der Waals surface area (Å²) in [6.07, 6.45) is 2.28. The van der Waals surface area contributed by atoms with Gasteiger partial charge in [-0.1, -0.05) is 13.3 Å². The number of aryl methyl sites for hydroxylation is 1. The van der Waals surface area contributed by atoms with Gasteiger partial charge in [0.25, 0.3) is 0 Å². The van der Waals surface area contributed by atoms with Crippen LogP contribution >= 0.6 is 11.8 Å². The molecule has 0 radical (unpaired) electrons. The van der Waals surface area contributed by atoms with E-state index < -0.39 is 0 Å². The topological polar surface area (TPSA) is 101 Å². The normalized spacial score (nSPS) is 10.3. The summed E-state index contributed by atoms with van der Waals surface area (Å²) in [6, 6.07) is 1.83. The maximum atomic E-state index is 11.5. The zero-order valence-electron chi connectivity index (χ0n) is 10.4. The second kappa shape index (κ2) is 7.75. The first-order valence-electron chi connectivity index (χ1n) is 5.82. The van der Waals surface area contributed by atoms with Crippen molar-refractivity contribution >= 4 is 29.4 Å². The van der Waals surface area contributed by atoms with Crippen molar-refractivity contribution in [1.82, 2.24) is 10.2 Å². The molecule has 1 rings (SSSR count). The highest BCUT2D eigenvalue weighted by atomic mass is 32.2. The molecule has 100 valence electrons. The van der Waals surface area contributed by atoms with E-state index in [2.05, 4.69) is 22.4 Å². The Morgan fingerprint density at radius 1 is 1.56 bits per heavy atom. The lowest BCUT2D eigenvalue weighted by molar-refractivity contribution is -0.116. The lowest BCUT2D eigenvalue weighted by Gasteiger charge is -2.00. The molecule has 0 aliphatic rings. The minimum absolute atomic E-state index is 0.110. The molecule has 2 amide bonds. The predicted molar refractivity (Wildman–Crippen MR) is 72.3 cm³/mol. The van der Waals surface area contributed by atoms with Gasteiger partial charge in [-0.2, -0.15) is 16.9 Å². The van der Waals surface area contributed by atoms with Crippen molar-refractivity contribution < 1.29 is 9.59 Å². The summed E-state index contributed by atoms with van der Waals surface area (Å²) in [7, 11) is 0. The van der Waals surface area contributed by atoms with Crippen molar-refractivity contribution in [3.05, 3.63) is 11.8 Å². The molecule has 0 atom stereocenters. The molecule has 0 saturated heterocycles. The van der Waals surface area contributed by atoms with Crippen LogP contribution in [-0.2, 0) is 16.0 Å². The Balaban J connectivity index is 2.24. The maximum absolute atomic E-state index is 11.5. The van der Waals surface area contributed by atoms with E-state index in [0.717, 1.165) is 18.5 Å². The lowest BCUT2D eigenvalue weighted by Crippen LogP contribution is -2.15. The molecule has 0 unspecified atom stereocenters. The van der Waals surface area contributed by atoms with Crippen LogP contribution < -0.4 is 11.1 Å². The lowest BCUT2D eigenvalue weighted by atomic mass is 10.2. The van der Waals surface area contributed by atoms with E-state index >= 15 is 0 Å². The molecule has 0 bridgehead atoms. The van der Waals surface area contributed by atoms with E-state index in [1.54, 1.807) is 0 Å². The summed E-state index contributed by atoms with van der Waals surface area (Å²) in [5.41, 5.74) is 6.00. The molecule has 4 N–H and O–H groups in total. The predicted octanol–water partition coefficient (Wildman–Crippen LogP) is 0.909. The first-order chi connectivity index (χ1) is 8.61. The van der Waals surface area contributed by atoms with Gasteiger partial charge in [0.15, 0.2) is 5.82 Å². The molecule has 0 aliphatic carbocycles. The van der Waals surface area contributed by atoms with Gasteiger partial charge in [0.05, 0.1) is 5.75 Å². The number of nitrogens with two attached hydrogens (primary N) is 1. The number of hydrogen-bond donors (Lipinski definition) is 3. The van der Waals surface area contributed by atoms with Crippen molar-refractivity contribution in [3.8, 4) is 0 Å². The van der Waals surface area contributed by atoms with Gasteiger partial charge in [-0.3, -0.25) is 14.7 Å². The third-order valence-corrected chi connectivity index (χ3v) is 3.12.